The van der Waals surface area contributed by atoms with Gasteiger partial charge in [-0.15, -0.1) is 0 Å². The van der Waals surface area contributed by atoms with Gasteiger partial charge in [-0.2, -0.15) is 0 Å². The van der Waals surface area contributed by atoms with Gasteiger partial charge in [0.15, 0.2) is 6.29 Å². The summed E-state index contributed by atoms with van der Waals surface area (Å²) in [6, 6.07) is 12.3. The van der Waals surface area contributed by atoms with Crippen molar-refractivity contribution >= 4 is 5.97 Å². The van der Waals surface area contributed by atoms with Gasteiger partial charge in [0.2, 0.25) is 0 Å². The van der Waals surface area contributed by atoms with E-state index in [2.05, 4.69) is 0 Å². The summed E-state index contributed by atoms with van der Waals surface area (Å²) >= 11 is 0. The molecular weight excluding hydrogens is 388 g/mol. The van der Waals surface area contributed by atoms with Crippen LogP contribution in [0, 0.1) is 0 Å². The summed E-state index contributed by atoms with van der Waals surface area (Å²) in [5, 5.41) is 47.8. The number of carbonyl (C=O) groups is 1. The molecule has 0 atom stereocenters. The number of aromatic carboxylic acids is 1. The maximum absolute atomic E-state index is 11.1. The zero-order valence-corrected chi connectivity index (χ0v) is 15.9. The van der Waals surface area contributed by atoms with E-state index in [0.29, 0.717) is 22.3 Å². The molecule has 0 amide bonds. The van der Waals surface area contributed by atoms with Gasteiger partial charge in [-0.3, -0.25) is 0 Å². The Bertz CT molecular complexity index is 1110. The molecule has 8 heteroatoms. The van der Waals surface area contributed by atoms with Gasteiger partial charge in [0.1, 0.15) is 17.1 Å². The maximum Gasteiger partial charge on any atom is 0.339 e. The smallest absolute Gasteiger partial charge is 0.339 e. The Balaban J connectivity index is 2.15. The van der Waals surface area contributed by atoms with Crippen molar-refractivity contribution in [3.05, 3.63) is 70.8 Å². The molecule has 3 aromatic carbocycles. The summed E-state index contributed by atoms with van der Waals surface area (Å²) in [6.07, 6.45) is -1.79. The first-order valence-corrected chi connectivity index (χ1v) is 9.08. The highest BCUT2D eigenvalue weighted by atomic mass is 16.5. The molecule has 8 nitrogen and oxygen atoms in total. The lowest BCUT2D eigenvalue weighted by atomic mass is 9.89. The molecule has 0 spiro atoms. The van der Waals surface area contributed by atoms with Crippen LogP contribution in [0.3, 0.4) is 0 Å². The molecule has 0 bridgehead atoms. The van der Waals surface area contributed by atoms with E-state index in [-0.39, 0.29) is 35.7 Å². The number of aliphatic hydroxyl groups is 2. The SMILES string of the molecule is NCc1cc(-c2ccc(C(O)O)c(O)c2)c(CN)cc1-c1ccc(C(=O)O)c(O)c1. The van der Waals surface area contributed by atoms with Crippen LogP contribution >= 0.6 is 0 Å². The predicted molar refractivity (Wildman–Crippen MR) is 111 cm³/mol. The van der Waals surface area contributed by atoms with Gasteiger partial charge in [-0.05, 0) is 69.8 Å². The minimum Gasteiger partial charge on any atom is -0.507 e. The van der Waals surface area contributed by atoms with E-state index in [9.17, 15) is 25.2 Å². The fraction of sp³-hybridized carbons (Fsp3) is 0.136. The van der Waals surface area contributed by atoms with Crippen LogP contribution in [0.25, 0.3) is 22.3 Å². The van der Waals surface area contributed by atoms with Crippen molar-refractivity contribution in [2.75, 3.05) is 0 Å². The number of hydrogen-bond donors (Lipinski definition) is 7. The van der Waals surface area contributed by atoms with Crippen LogP contribution in [-0.2, 0) is 13.1 Å². The first-order valence-electron chi connectivity index (χ1n) is 9.08. The Labute approximate surface area is 172 Å². The molecule has 3 aromatic rings. The summed E-state index contributed by atoms with van der Waals surface area (Å²) in [6.45, 7) is 0.325. The monoisotopic (exact) mass is 410 g/mol. The van der Waals surface area contributed by atoms with E-state index in [0.717, 1.165) is 11.1 Å². The zero-order chi connectivity index (χ0) is 22.0. The Morgan fingerprint density at radius 3 is 1.70 bits per heavy atom. The van der Waals surface area contributed by atoms with Gasteiger partial charge in [0.05, 0.1) is 0 Å². The summed E-state index contributed by atoms with van der Waals surface area (Å²) in [4.78, 5) is 11.1. The molecule has 0 unspecified atom stereocenters. The van der Waals surface area contributed by atoms with Crippen LogP contribution in [0.4, 0.5) is 0 Å². The standard InChI is InChI=1S/C22H22N2O6/c23-9-13-6-18(12-2-4-16(22(29)30)20(26)8-12)14(10-24)5-17(13)11-1-3-15(21(27)28)19(25)7-11/h1-8,21,25-28H,9-10,23-24H2,(H,29,30). The minimum atomic E-state index is -1.79. The van der Waals surface area contributed by atoms with Crippen LogP contribution in [-0.4, -0.2) is 31.5 Å². The third kappa shape index (κ3) is 3.98. The van der Waals surface area contributed by atoms with Gasteiger partial charge >= 0.3 is 5.97 Å². The molecule has 0 aliphatic heterocycles. The van der Waals surface area contributed by atoms with Crippen molar-refractivity contribution in [1.82, 2.24) is 0 Å². The molecule has 0 saturated heterocycles. The average molecular weight is 410 g/mol. The third-order valence-electron chi connectivity index (χ3n) is 4.93. The molecule has 0 aliphatic rings. The van der Waals surface area contributed by atoms with Gasteiger partial charge in [-0.25, -0.2) is 4.79 Å². The van der Waals surface area contributed by atoms with Gasteiger partial charge in [-0.1, -0.05) is 12.1 Å². The number of rotatable bonds is 6. The van der Waals surface area contributed by atoms with Crippen molar-refractivity contribution in [2.24, 2.45) is 11.5 Å². The molecule has 0 heterocycles. The summed E-state index contributed by atoms with van der Waals surface area (Å²) in [5.41, 5.74) is 15.7. The highest BCUT2D eigenvalue weighted by molar-refractivity contribution is 5.92. The largest absolute Gasteiger partial charge is 0.507 e. The number of hydrogen-bond acceptors (Lipinski definition) is 7. The van der Waals surface area contributed by atoms with Crippen molar-refractivity contribution in [3.63, 3.8) is 0 Å². The Hall–Kier alpha value is -3.43. The quantitative estimate of drug-likeness (QED) is 0.303. The number of phenols is 2. The zero-order valence-electron chi connectivity index (χ0n) is 15.9. The lowest BCUT2D eigenvalue weighted by Crippen LogP contribution is -2.05. The summed E-state index contributed by atoms with van der Waals surface area (Å²) in [5.74, 6) is -1.85. The summed E-state index contributed by atoms with van der Waals surface area (Å²) in [7, 11) is 0. The molecule has 0 saturated carbocycles. The number of carboxylic acids is 1. The van der Waals surface area contributed by atoms with E-state index in [1.165, 1.54) is 24.3 Å². The van der Waals surface area contributed by atoms with Gasteiger partial charge in [0.25, 0.3) is 0 Å². The number of aromatic hydroxyl groups is 2. The number of carboxylic acid groups (broad SMARTS) is 1. The predicted octanol–water partition coefficient (Wildman–Crippen LogP) is 2.03. The average Bonchev–Trinajstić information content (AvgIpc) is 2.71. The van der Waals surface area contributed by atoms with Crippen molar-refractivity contribution < 1.29 is 30.3 Å². The van der Waals surface area contributed by atoms with Crippen molar-refractivity contribution in [3.8, 4) is 33.8 Å². The van der Waals surface area contributed by atoms with Crippen LogP contribution < -0.4 is 11.5 Å². The topological polar surface area (TPSA) is 170 Å². The Morgan fingerprint density at radius 2 is 1.30 bits per heavy atom. The molecule has 0 radical (unpaired) electrons. The lowest BCUT2D eigenvalue weighted by molar-refractivity contribution is -0.0438. The van der Waals surface area contributed by atoms with Crippen molar-refractivity contribution in [2.45, 2.75) is 19.4 Å². The normalized spacial score (nSPS) is 11.1. The summed E-state index contributed by atoms with van der Waals surface area (Å²) < 4.78 is 0. The first-order chi connectivity index (χ1) is 14.3. The minimum absolute atomic E-state index is 0.0160. The number of phenolic OH excluding ortho intramolecular Hbond substituents is 1. The number of aliphatic hydroxyl groups excluding tert-OH is 1. The van der Waals surface area contributed by atoms with E-state index >= 15 is 0 Å². The molecule has 30 heavy (non-hydrogen) atoms. The highest BCUT2D eigenvalue weighted by Gasteiger charge is 2.16. The van der Waals surface area contributed by atoms with E-state index in [1.807, 2.05) is 6.07 Å². The fourth-order valence-corrected chi connectivity index (χ4v) is 3.37. The molecule has 0 aliphatic carbocycles. The second-order valence-electron chi connectivity index (χ2n) is 6.76. The molecule has 0 aromatic heterocycles. The Morgan fingerprint density at radius 1 is 0.800 bits per heavy atom. The molecular formula is C22H22N2O6. The second kappa shape index (κ2) is 8.52. The highest BCUT2D eigenvalue weighted by Crippen LogP contribution is 2.36. The van der Waals surface area contributed by atoms with Gasteiger partial charge < -0.3 is 37.0 Å². The second-order valence-corrected chi connectivity index (χ2v) is 6.76. The van der Waals surface area contributed by atoms with E-state index < -0.39 is 12.3 Å². The van der Waals surface area contributed by atoms with Crippen LogP contribution in [0.15, 0.2) is 48.5 Å². The molecule has 156 valence electrons. The van der Waals surface area contributed by atoms with Gasteiger partial charge in [0, 0.05) is 18.7 Å². The maximum atomic E-state index is 11.1. The molecule has 0 fully saturated rings. The van der Waals surface area contributed by atoms with E-state index in [1.54, 1.807) is 18.2 Å². The van der Waals surface area contributed by atoms with Crippen LogP contribution in [0.1, 0.15) is 33.3 Å². The number of nitrogens with two attached hydrogens (primary N) is 2. The van der Waals surface area contributed by atoms with Crippen LogP contribution in [0.2, 0.25) is 0 Å². The Kier molecular flexibility index (Phi) is 6.04. The lowest BCUT2D eigenvalue weighted by Gasteiger charge is -2.17. The van der Waals surface area contributed by atoms with Crippen LogP contribution in [0.5, 0.6) is 11.5 Å². The molecule has 3 rings (SSSR count). The third-order valence-corrected chi connectivity index (χ3v) is 4.93. The van der Waals surface area contributed by atoms with Crippen molar-refractivity contribution in [1.29, 1.82) is 0 Å². The first kappa shape index (κ1) is 21.3. The number of benzene rings is 3. The fourth-order valence-electron chi connectivity index (χ4n) is 3.37. The molecule has 9 N–H and O–H groups in total. The van der Waals surface area contributed by atoms with E-state index in [4.69, 9.17) is 16.6 Å².